The van der Waals surface area contributed by atoms with Crippen LogP contribution in [0.3, 0.4) is 0 Å². The van der Waals surface area contributed by atoms with Crippen LogP contribution in [0.5, 0.6) is 0 Å². The maximum atomic E-state index is 11.8. The molecule has 5 nitrogen and oxygen atoms in total. The second-order valence-corrected chi connectivity index (χ2v) is 4.32. The molecule has 0 heterocycles. The highest BCUT2D eigenvalue weighted by molar-refractivity contribution is 9.09. The number of hydrogen-bond donors (Lipinski definition) is 2. The minimum Gasteiger partial charge on any atom is -0.479 e. The molecule has 0 spiro atoms. The van der Waals surface area contributed by atoms with E-state index in [9.17, 15) is 19.5 Å². The molecular formula is C12H11BrO5. The van der Waals surface area contributed by atoms with Crippen LogP contribution >= 0.6 is 15.9 Å². The van der Waals surface area contributed by atoms with E-state index in [1.165, 1.54) is 18.2 Å². The minimum atomic E-state index is -1.89. The number of rotatable bonds is 6. The molecule has 1 unspecified atom stereocenters. The number of benzene rings is 1. The van der Waals surface area contributed by atoms with Crippen LogP contribution in [0.15, 0.2) is 18.2 Å². The zero-order valence-corrected chi connectivity index (χ0v) is 10.9. The van der Waals surface area contributed by atoms with E-state index in [0.29, 0.717) is 11.6 Å². The van der Waals surface area contributed by atoms with E-state index in [1.807, 2.05) is 0 Å². The molecule has 0 saturated carbocycles. The molecule has 0 bridgehead atoms. The molecule has 2 N–H and O–H groups in total. The van der Waals surface area contributed by atoms with E-state index in [4.69, 9.17) is 5.11 Å². The van der Waals surface area contributed by atoms with Crippen molar-refractivity contribution in [3.8, 4) is 0 Å². The van der Waals surface area contributed by atoms with Gasteiger partial charge in [0.05, 0.1) is 0 Å². The lowest BCUT2D eigenvalue weighted by Crippen LogP contribution is -2.17. The lowest BCUT2D eigenvalue weighted by atomic mass is 9.93. The molecule has 96 valence electrons. The SMILES string of the molecule is O=Cc1cccc(C(=O)CCBr)c1C(O)C(=O)O. The highest BCUT2D eigenvalue weighted by atomic mass is 79.9. The Hall–Kier alpha value is -1.53. The molecular weight excluding hydrogens is 304 g/mol. The van der Waals surface area contributed by atoms with Gasteiger partial charge in [-0.05, 0) is 0 Å². The Kier molecular flexibility index (Phi) is 5.18. The topological polar surface area (TPSA) is 91.7 Å². The summed E-state index contributed by atoms with van der Waals surface area (Å²) in [7, 11) is 0. The van der Waals surface area contributed by atoms with Crippen molar-refractivity contribution >= 4 is 34.0 Å². The number of aldehydes is 1. The number of aliphatic hydroxyl groups is 1. The molecule has 6 heteroatoms. The van der Waals surface area contributed by atoms with Crippen LogP contribution in [0, 0.1) is 0 Å². The summed E-state index contributed by atoms with van der Waals surface area (Å²) in [4.78, 5) is 33.5. The summed E-state index contributed by atoms with van der Waals surface area (Å²) < 4.78 is 0. The van der Waals surface area contributed by atoms with E-state index < -0.39 is 12.1 Å². The lowest BCUT2D eigenvalue weighted by Gasteiger charge is -2.13. The number of carbonyl (C=O) groups is 3. The van der Waals surface area contributed by atoms with Crippen LogP contribution in [0.25, 0.3) is 0 Å². The van der Waals surface area contributed by atoms with Crippen molar-refractivity contribution in [1.29, 1.82) is 0 Å². The molecule has 0 aliphatic rings. The van der Waals surface area contributed by atoms with Crippen LogP contribution in [0.1, 0.15) is 38.8 Å². The Labute approximate surface area is 112 Å². The first-order chi connectivity index (χ1) is 8.52. The van der Waals surface area contributed by atoms with Crippen molar-refractivity contribution in [2.75, 3.05) is 5.33 Å². The van der Waals surface area contributed by atoms with Gasteiger partial charge in [0.2, 0.25) is 0 Å². The Morgan fingerprint density at radius 2 is 2.06 bits per heavy atom. The van der Waals surface area contributed by atoms with Gasteiger partial charge in [-0.1, -0.05) is 34.1 Å². The van der Waals surface area contributed by atoms with Gasteiger partial charge in [0, 0.05) is 28.4 Å². The Morgan fingerprint density at radius 1 is 1.39 bits per heavy atom. The molecule has 0 saturated heterocycles. The minimum absolute atomic E-state index is 0.00493. The third kappa shape index (κ3) is 3.02. The van der Waals surface area contributed by atoms with Crippen molar-refractivity contribution in [2.24, 2.45) is 0 Å². The van der Waals surface area contributed by atoms with E-state index in [0.717, 1.165) is 0 Å². The third-order valence-corrected chi connectivity index (χ3v) is 2.79. The lowest BCUT2D eigenvalue weighted by molar-refractivity contribution is -0.146. The van der Waals surface area contributed by atoms with Crippen molar-refractivity contribution in [1.82, 2.24) is 0 Å². The van der Waals surface area contributed by atoms with E-state index >= 15 is 0 Å². The number of aliphatic hydroxyl groups excluding tert-OH is 1. The summed E-state index contributed by atoms with van der Waals surface area (Å²) in [5, 5.41) is 18.8. The molecule has 18 heavy (non-hydrogen) atoms. The fraction of sp³-hybridized carbons (Fsp3) is 0.250. The highest BCUT2D eigenvalue weighted by Crippen LogP contribution is 2.23. The monoisotopic (exact) mass is 314 g/mol. The molecule has 1 aromatic rings. The number of hydrogen-bond acceptors (Lipinski definition) is 4. The van der Waals surface area contributed by atoms with Crippen LogP contribution in [0.2, 0.25) is 0 Å². The molecule has 0 aliphatic heterocycles. The maximum Gasteiger partial charge on any atom is 0.337 e. The van der Waals surface area contributed by atoms with Gasteiger partial charge in [-0.3, -0.25) is 9.59 Å². The zero-order valence-electron chi connectivity index (χ0n) is 9.30. The summed E-state index contributed by atoms with van der Waals surface area (Å²) in [5.74, 6) is -1.83. The number of Topliss-reactive ketones (excluding diaryl/α,β-unsaturated/α-hetero) is 1. The second-order valence-electron chi connectivity index (χ2n) is 3.53. The van der Waals surface area contributed by atoms with Crippen molar-refractivity contribution < 1.29 is 24.6 Å². The van der Waals surface area contributed by atoms with Crippen molar-refractivity contribution in [2.45, 2.75) is 12.5 Å². The molecule has 0 amide bonds. The molecule has 0 radical (unpaired) electrons. The van der Waals surface area contributed by atoms with E-state index in [1.54, 1.807) is 0 Å². The Balaban J connectivity index is 3.37. The first kappa shape index (κ1) is 14.5. The fourth-order valence-electron chi connectivity index (χ4n) is 1.58. The third-order valence-electron chi connectivity index (χ3n) is 2.40. The summed E-state index contributed by atoms with van der Waals surface area (Å²) >= 11 is 3.10. The quantitative estimate of drug-likeness (QED) is 0.472. The largest absolute Gasteiger partial charge is 0.479 e. The molecule has 1 rings (SSSR count). The van der Waals surface area contributed by atoms with Gasteiger partial charge >= 0.3 is 5.97 Å². The second kappa shape index (κ2) is 6.42. The average molecular weight is 315 g/mol. The molecule has 1 atom stereocenters. The Bertz CT molecular complexity index is 483. The molecule has 0 aromatic heterocycles. The van der Waals surface area contributed by atoms with Crippen LogP contribution in [0.4, 0.5) is 0 Å². The van der Waals surface area contributed by atoms with Crippen LogP contribution in [-0.2, 0) is 4.79 Å². The maximum absolute atomic E-state index is 11.8. The Morgan fingerprint density at radius 3 is 2.56 bits per heavy atom. The normalized spacial score (nSPS) is 11.9. The van der Waals surface area contributed by atoms with Gasteiger partial charge in [-0.15, -0.1) is 0 Å². The number of halogens is 1. The zero-order chi connectivity index (χ0) is 13.7. The van der Waals surface area contributed by atoms with Gasteiger partial charge in [0.25, 0.3) is 0 Å². The van der Waals surface area contributed by atoms with Crippen molar-refractivity contribution in [3.05, 3.63) is 34.9 Å². The van der Waals surface area contributed by atoms with E-state index in [-0.39, 0.29) is 28.9 Å². The number of carboxylic acids is 1. The summed E-state index contributed by atoms with van der Waals surface area (Å²) in [6.07, 6.45) is -1.31. The number of alkyl halides is 1. The van der Waals surface area contributed by atoms with Crippen molar-refractivity contribution in [3.63, 3.8) is 0 Å². The van der Waals surface area contributed by atoms with Gasteiger partial charge in [0.1, 0.15) is 6.29 Å². The predicted octanol–water partition coefficient (Wildman–Crippen LogP) is 1.58. The number of aliphatic carboxylic acids is 1. The van der Waals surface area contributed by atoms with Gasteiger partial charge in [0.15, 0.2) is 11.9 Å². The fourth-order valence-corrected chi connectivity index (χ4v) is 1.94. The summed E-state index contributed by atoms with van der Waals surface area (Å²) in [6.45, 7) is 0. The van der Waals surface area contributed by atoms with Gasteiger partial charge < -0.3 is 10.2 Å². The first-order valence-corrected chi connectivity index (χ1v) is 6.23. The molecule has 0 fully saturated rings. The summed E-state index contributed by atoms with van der Waals surface area (Å²) in [6, 6.07) is 4.24. The van der Waals surface area contributed by atoms with Crippen LogP contribution < -0.4 is 0 Å². The predicted molar refractivity (Wildman–Crippen MR) is 67.2 cm³/mol. The molecule has 1 aromatic carbocycles. The highest BCUT2D eigenvalue weighted by Gasteiger charge is 2.25. The molecule has 0 aliphatic carbocycles. The smallest absolute Gasteiger partial charge is 0.337 e. The van der Waals surface area contributed by atoms with Gasteiger partial charge in [-0.2, -0.15) is 0 Å². The number of ketones is 1. The average Bonchev–Trinajstić information content (AvgIpc) is 2.37. The van der Waals surface area contributed by atoms with Gasteiger partial charge in [-0.25, -0.2) is 4.79 Å². The number of carbonyl (C=O) groups excluding carboxylic acids is 2. The summed E-state index contributed by atoms with van der Waals surface area (Å²) in [5.41, 5.74) is -0.0785. The van der Waals surface area contributed by atoms with E-state index in [2.05, 4.69) is 15.9 Å². The first-order valence-electron chi connectivity index (χ1n) is 5.11. The van der Waals surface area contributed by atoms with Crippen LogP contribution in [-0.4, -0.2) is 33.6 Å². The standard InChI is InChI=1S/C12H11BrO5/c13-5-4-9(15)8-3-1-2-7(6-14)10(8)11(16)12(17)18/h1-3,6,11,16H,4-5H2,(H,17,18). The number of carboxylic acid groups (broad SMARTS) is 1.